The van der Waals surface area contributed by atoms with Crippen molar-refractivity contribution in [2.75, 3.05) is 17.2 Å². The van der Waals surface area contributed by atoms with Gasteiger partial charge in [-0.25, -0.2) is 0 Å². The standard InChI is InChI=1S/C13H16N4O2S/c1-2-6-15-11-4-3-5-12(13(11)17(18)19)16-8-10-7-14-9-20-10/h3-5,7,9,15-16H,2,6,8H2,1H3. The van der Waals surface area contributed by atoms with Crippen LogP contribution in [0.2, 0.25) is 0 Å². The van der Waals surface area contributed by atoms with Crippen molar-refractivity contribution in [1.29, 1.82) is 0 Å². The number of rotatable bonds is 7. The van der Waals surface area contributed by atoms with Crippen LogP contribution in [0.15, 0.2) is 29.9 Å². The largest absolute Gasteiger partial charge is 0.379 e. The van der Waals surface area contributed by atoms with Crippen LogP contribution in [0.1, 0.15) is 18.2 Å². The van der Waals surface area contributed by atoms with Crippen LogP contribution in [0.5, 0.6) is 0 Å². The van der Waals surface area contributed by atoms with Crippen LogP contribution in [0.4, 0.5) is 17.1 Å². The summed E-state index contributed by atoms with van der Waals surface area (Å²) in [6.45, 7) is 3.26. The molecule has 6 nitrogen and oxygen atoms in total. The van der Waals surface area contributed by atoms with E-state index in [4.69, 9.17) is 0 Å². The minimum atomic E-state index is -0.354. The van der Waals surface area contributed by atoms with E-state index in [1.165, 1.54) is 11.3 Å². The Hall–Kier alpha value is -2.15. The molecule has 0 saturated carbocycles. The predicted octanol–water partition coefficient (Wildman–Crippen LogP) is 3.49. The predicted molar refractivity (Wildman–Crippen MR) is 81.3 cm³/mol. The fourth-order valence-corrected chi connectivity index (χ4v) is 2.33. The Morgan fingerprint density at radius 3 is 2.70 bits per heavy atom. The monoisotopic (exact) mass is 292 g/mol. The molecule has 1 aromatic heterocycles. The Bertz CT molecular complexity index is 572. The molecule has 0 amide bonds. The Morgan fingerprint density at radius 2 is 2.10 bits per heavy atom. The number of nitro benzene ring substituents is 1. The smallest absolute Gasteiger partial charge is 0.315 e. The zero-order chi connectivity index (χ0) is 14.4. The second-order valence-corrected chi connectivity index (χ2v) is 5.18. The van der Waals surface area contributed by atoms with Crippen molar-refractivity contribution in [1.82, 2.24) is 4.98 Å². The van der Waals surface area contributed by atoms with E-state index in [1.807, 2.05) is 6.92 Å². The molecule has 0 bridgehead atoms. The molecule has 0 saturated heterocycles. The molecule has 7 heteroatoms. The van der Waals surface area contributed by atoms with Crippen molar-refractivity contribution in [2.24, 2.45) is 0 Å². The van der Waals surface area contributed by atoms with Gasteiger partial charge in [-0.3, -0.25) is 15.1 Å². The summed E-state index contributed by atoms with van der Waals surface area (Å²) in [5, 5.41) is 17.5. The highest BCUT2D eigenvalue weighted by Crippen LogP contribution is 2.33. The van der Waals surface area contributed by atoms with E-state index in [-0.39, 0.29) is 10.6 Å². The Morgan fingerprint density at radius 1 is 1.35 bits per heavy atom. The lowest BCUT2D eigenvalue weighted by atomic mass is 10.2. The first kappa shape index (κ1) is 14.3. The highest BCUT2D eigenvalue weighted by atomic mass is 32.1. The summed E-state index contributed by atoms with van der Waals surface area (Å²) in [5.41, 5.74) is 2.89. The van der Waals surface area contributed by atoms with Crippen LogP contribution in [-0.4, -0.2) is 16.5 Å². The van der Waals surface area contributed by atoms with Crippen LogP contribution >= 0.6 is 11.3 Å². The fourth-order valence-electron chi connectivity index (χ4n) is 1.80. The van der Waals surface area contributed by atoms with Gasteiger partial charge < -0.3 is 10.6 Å². The summed E-state index contributed by atoms with van der Waals surface area (Å²) in [6.07, 6.45) is 2.67. The Balaban J connectivity index is 2.20. The third-order valence-electron chi connectivity index (χ3n) is 2.72. The third-order valence-corrected chi connectivity index (χ3v) is 3.50. The average molecular weight is 292 g/mol. The van der Waals surface area contributed by atoms with Crippen LogP contribution in [0.25, 0.3) is 0 Å². The zero-order valence-electron chi connectivity index (χ0n) is 11.1. The molecule has 0 spiro atoms. The Kier molecular flexibility index (Phi) is 4.89. The first-order valence-corrected chi connectivity index (χ1v) is 7.23. The van der Waals surface area contributed by atoms with Gasteiger partial charge in [0.1, 0.15) is 11.4 Å². The SMILES string of the molecule is CCCNc1cccc(NCc2cncs2)c1[N+](=O)[O-]. The van der Waals surface area contributed by atoms with Gasteiger partial charge in [0, 0.05) is 17.6 Å². The third kappa shape index (κ3) is 3.45. The average Bonchev–Trinajstić information content (AvgIpc) is 2.95. The maximum atomic E-state index is 11.3. The summed E-state index contributed by atoms with van der Waals surface area (Å²) in [4.78, 5) is 15.9. The van der Waals surface area contributed by atoms with Gasteiger partial charge >= 0.3 is 5.69 Å². The topological polar surface area (TPSA) is 80.1 Å². The number of aromatic nitrogens is 1. The maximum absolute atomic E-state index is 11.3. The maximum Gasteiger partial charge on any atom is 0.315 e. The van der Waals surface area contributed by atoms with Gasteiger partial charge in [0.15, 0.2) is 0 Å². The number of hydrogen-bond donors (Lipinski definition) is 2. The number of anilines is 2. The molecular formula is C13H16N4O2S. The van der Waals surface area contributed by atoms with Crippen LogP contribution < -0.4 is 10.6 Å². The molecule has 20 heavy (non-hydrogen) atoms. The van der Waals surface area contributed by atoms with E-state index >= 15 is 0 Å². The van der Waals surface area contributed by atoms with Crippen molar-refractivity contribution in [3.05, 3.63) is 44.9 Å². The fraction of sp³-hybridized carbons (Fsp3) is 0.308. The first-order chi connectivity index (χ1) is 9.72. The van der Waals surface area contributed by atoms with Gasteiger partial charge in [0.2, 0.25) is 0 Å². The summed E-state index contributed by atoms with van der Waals surface area (Å²) in [6, 6.07) is 5.25. The summed E-state index contributed by atoms with van der Waals surface area (Å²) in [7, 11) is 0. The van der Waals surface area contributed by atoms with E-state index in [2.05, 4.69) is 15.6 Å². The van der Waals surface area contributed by atoms with Gasteiger partial charge in [-0.2, -0.15) is 0 Å². The number of thiazole rings is 1. The second kappa shape index (κ2) is 6.85. The molecule has 2 aromatic rings. The number of benzene rings is 1. The van der Waals surface area contributed by atoms with Gasteiger partial charge in [-0.1, -0.05) is 13.0 Å². The highest BCUT2D eigenvalue weighted by Gasteiger charge is 2.19. The first-order valence-electron chi connectivity index (χ1n) is 6.35. The minimum absolute atomic E-state index is 0.0884. The van der Waals surface area contributed by atoms with E-state index in [1.54, 1.807) is 29.9 Å². The van der Waals surface area contributed by atoms with Gasteiger partial charge in [-0.05, 0) is 18.6 Å². The molecule has 0 fully saturated rings. The zero-order valence-corrected chi connectivity index (χ0v) is 11.9. The molecule has 0 unspecified atom stereocenters. The van der Waals surface area contributed by atoms with Crippen molar-refractivity contribution < 1.29 is 4.92 Å². The number of hydrogen-bond acceptors (Lipinski definition) is 6. The number of para-hydroxylation sites is 1. The van der Waals surface area contributed by atoms with Crippen molar-refractivity contribution in [3.8, 4) is 0 Å². The van der Waals surface area contributed by atoms with E-state index in [9.17, 15) is 10.1 Å². The second-order valence-electron chi connectivity index (χ2n) is 4.21. The van der Waals surface area contributed by atoms with Crippen molar-refractivity contribution in [2.45, 2.75) is 19.9 Å². The molecule has 1 aromatic carbocycles. The summed E-state index contributed by atoms with van der Waals surface area (Å²) in [5.74, 6) is 0. The highest BCUT2D eigenvalue weighted by molar-refractivity contribution is 7.09. The van der Waals surface area contributed by atoms with Crippen LogP contribution in [-0.2, 0) is 6.54 Å². The Labute approximate surface area is 121 Å². The quantitative estimate of drug-likeness (QED) is 0.603. The van der Waals surface area contributed by atoms with Crippen LogP contribution in [0, 0.1) is 10.1 Å². The molecule has 106 valence electrons. The van der Waals surface area contributed by atoms with Crippen molar-refractivity contribution >= 4 is 28.4 Å². The van der Waals surface area contributed by atoms with Crippen LogP contribution in [0.3, 0.4) is 0 Å². The molecule has 0 aliphatic rings. The number of nitro groups is 1. The van der Waals surface area contributed by atoms with Gasteiger partial charge in [0.25, 0.3) is 0 Å². The molecule has 0 aliphatic heterocycles. The summed E-state index contributed by atoms with van der Waals surface area (Å²) < 4.78 is 0. The molecule has 0 aliphatic carbocycles. The lowest BCUT2D eigenvalue weighted by Gasteiger charge is -2.10. The minimum Gasteiger partial charge on any atom is -0.379 e. The normalized spacial score (nSPS) is 10.2. The molecular weight excluding hydrogens is 276 g/mol. The summed E-state index contributed by atoms with van der Waals surface area (Å²) >= 11 is 1.52. The molecule has 2 rings (SSSR count). The lowest BCUT2D eigenvalue weighted by molar-refractivity contribution is -0.383. The molecule has 0 radical (unpaired) electrons. The number of nitrogens with zero attached hydrogens (tertiary/aromatic N) is 2. The molecule has 1 heterocycles. The number of nitrogens with one attached hydrogen (secondary N) is 2. The van der Waals surface area contributed by atoms with E-state index in [0.717, 1.165) is 11.3 Å². The lowest BCUT2D eigenvalue weighted by Crippen LogP contribution is -2.07. The van der Waals surface area contributed by atoms with Gasteiger partial charge in [0.05, 0.1) is 17.0 Å². The molecule has 0 atom stereocenters. The van der Waals surface area contributed by atoms with E-state index in [0.29, 0.717) is 24.5 Å². The van der Waals surface area contributed by atoms with Gasteiger partial charge in [-0.15, -0.1) is 11.3 Å². The van der Waals surface area contributed by atoms with Crippen molar-refractivity contribution in [3.63, 3.8) is 0 Å². The van der Waals surface area contributed by atoms with E-state index < -0.39 is 0 Å². The molecule has 2 N–H and O–H groups in total.